The maximum atomic E-state index is 13.8. The standard InChI is InChI=1S/C25H36F2N2.C3H8/c1-6-10-13-20-15-16-22(19(5)18-20)29-23(14-11-7-2)21(9-4)24(25(26)27)28-17-12-8-3;1-3-2/h9,12,15-18,25H,6-8,10-11,13-14H2,1-5H3;3H2,1-2H3/b17-12-,21-9-,28-24-,29-23?;. The number of alkyl halides is 2. The van der Waals surface area contributed by atoms with E-state index in [0.29, 0.717) is 17.7 Å². The van der Waals surface area contributed by atoms with Crippen LogP contribution in [0.4, 0.5) is 14.5 Å². The van der Waals surface area contributed by atoms with Crippen LogP contribution in [0.1, 0.15) is 97.6 Å². The molecule has 0 aromatic heterocycles. The summed E-state index contributed by atoms with van der Waals surface area (Å²) in [5, 5.41) is 0. The van der Waals surface area contributed by atoms with Gasteiger partial charge in [0.05, 0.1) is 5.69 Å². The summed E-state index contributed by atoms with van der Waals surface area (Å²) in [5.41, 5.74) is 4.14. The molecule has 0 N–H and O–H groups in total. The highest BCUT2D eigenvalue weighted by Crippen LogP contribution is 2.24. The zero-order valence-corrected chi connectivity index (χ0v) is 21.3. The highest BCUT2D eigenvalue weighted by molar-refractivity contribution is 6.26. The van der Waals surface area contributed by atoms with Gasteiger partial charge in [0, 0.05) is 17.5 Å². The second kappa shape index (κ2) is 18.5. The predicted octanol–water partition coefficient (Wildman–Crippen LogP) is 9.59. The van der Waals surface area contributed by atoms with Crippen molar-refractivity contribution < 1.29 is 8.78 Å². The third kappa shape index (κ3) is 11.5. The van der Waals surface area contributed by atoms with Gasteiger partial charge < -0.3 is 0 Å². The van der Waals surface area contributed by atoms with Gasteiger partial charge in [-0.3, -0.25) is 9.98 Å². The summed E-state index contributed by atoms with van der Waals surface area (Å²) in [4.78, 5) is 8.89. The lowest BCUT2D eigenvalue weighted by atomic mass is 9.99. The summed E-state index contributed by atoms with van der Waals surface area (Å²) in [7, 11) is 0. The van der Waals surface area contributed by atoms with Crippen LogP contribution in [0.2, 0.25) is 0 Å². The Labute approximate surface area is 195 Å². The Morgan fingerprint density at radius 3 is 2.19 bits per heavy atom. The second-order valence-corrected chi connectivity index (χ2v) is 7.90. The van der Waals surface area contributed by atoms with Crippen LogP contribution < -0.4 is 0 Å². The molecule has 0 aliphatic carbocycles. The second-order valence-electron chi connectivity index (χ2n) is 7.90. The van der Waals surface area contributed by atoms with Crippen molar-refractivity contribution in [1.82, 2.24) is 0 Å². The van der Waals surface area contributed by atoms with Gasteiger partial charge in [0.1, 0.15) is 5.71 Å². The molecule has 0 atom stereocenters. The number of allylic oxidation sites excluding steroid dienone is 3. The lowest BCUT2D eigenvalue weighted by Gasteiger charge is -2.14. The maximum Gasteiger partial charge on any atom is 0.281 e. The van der Waals surface area contributed by atoms with E-state index < -0.39 is 6.43 Å². The van der Waals surface area contributed by atoms with Crippen LogP contribution in [-0.4, -0.2) is 17.8 Å². The lowest BCUT2D eigenvalue weighted by Crippen LogP contribution is -2.20. The number of rotatable bonds is 12. The summed E-state index contributed by atoms with van der Waals surface area (Å²) >= 11 is 0. The Balaban J connectivity index is 0.00000302. The smallest absolute Gasteiger partial charge is 0.255 e. The normalized spacial score (nSPS) is 13.0. The molecule has 0 unspecified atom stereocenters. The minimum Gasteiger partial charge on any atom is -0.255 e. The van der Waals surface area contributed by atoms with Gasteiger partial charge in [0.15, 0.2) is 0 Å². The molecule has 0 amide bonds. The highest BCUT2D eigenvalue weighted by atomic mass is 19.3. The fourth-order valence-corrected chi connectivity index (χ4v) is 3.06. The Morgan fingerprint density at radius 2 is 1.69 bits per heavy atom. The van der Waals surface area contributed by atoms with E-state index in [-0.39, 0.29) is 5.71 Å². The minimum absolute atomic E-state index is 0.204. The SMILES string of the molecule is CCC.C\C=C(C(CCCC)=Nc1ccc(CCCC)cc1C)/C(=N/C=C\CC)C(F)F. The molecule has 1 aromatic carbocycles. The van der Waals surface area contributed by atoms with E-state index in [1.54, 1.807) is 19.1 Å². The molecule has 180 valence electrons. The first-order chi connectivity index (χ1) is 15.4. The Hall–Kier alpha value is -2.10. The highest BCUT2D eigenvalue weighted by Gasteiger charge is 2.21. The molecule has 32 heavy (non-hydrogen) atoms. The monoisotopic (exact) mass is 446 g/mol. The first kappa shape index (κ1) is 29.9. The topological polar surface area (TPSA) is 24.7 Å². The summed E-state index contributed by atoms with van der Waals surface area (Å²) in [6.45, 7) is 14.3. The minimum atomic E-state index is -2.65. The fourth-order valence-electron chi connectivity index (χ4n) is 3.06. The largest absolute Gasteiger partial charge is 0.281 e. The van der Waals surface area contributed by atoms with Gasteiger partial charge in [-0.25, -0.2) is 8.78 Å². The third-order valence-electron chi connectivity index (χ3n) is 4.74. The van der Waals surface area contributed by atoms with Gasteiger partial charge in [-0.15, -0.1) is 0 Å². The molecule has 0 heterocycles. The number of hydrogen-bond donors (Lipinski definition) is 0. The maximum absolute atomic E-state index is 13.8. The molecule has 2 nitrogen and oxygen atoms in total. The molecular formula is C28H44F2N2. The van der Waals surface area contributed by atoms with Gasteiger partial charge in [-0.2, -0.15) is 0 Å². The van der Waals surface area contributed by atoms with Crippen molar-refractivity contribution in [3.8, 4) is 0 Å². The average Bonchev–Trinajstić information content (AvgIpc) is 2.77. The first-order valence-corrected chi connectivity index (χ1v) is 12.2. The van der Waals surface area contributed by atoms with Crippen LogP contribution >= 0.6 is 0 Å². The molecular weight excluding hydrogens is 402 g/mol. The molecule has 0 saturated heterocycles. The zero-order chi connectivity index (χ0) is 24.4. The van der Waals surface area contributed by atoms with Gasteiger partial charge in [-0.05, 0) is 63.1 Å². The average molecular weight is 447 g/mol. The number of nitrogens with zero attached hydrogens (tertiary/aromatic N) is 2. The van der Waals surface area contributed by atoms with Crippen molar-refractivity contribution in [3.05, 3.63) is 53.3 Å². The summed E-state index contributed by atoms with van der Waals surface area (Å²) in [6.07, 6.45) is 10.2. The van der Waals surface area contributed by atoms with Gasteiger partial charge in [0.2, 0.25) is 0 Å². The molecule has 0 spiro atoms. The van der Waals surface area contributed by atoms with Gasteiger partial charge in [0.25, 0.3) is 6.43 Å². The molecule has 1 rings (SSSR count). The summed E-state index contributed by atoms with van der Waals surface area (Å²) in [5.74, 6) is 0. The van der Waals surface area contributed by atoms with Crippen molar-refractivity contribution in [2.75, 3.05) is 0 Å². The van der Waals surface area contributed by atoms with E-state index in [4.69, 9.17) is 4.99 Å². The lowest BCUT2D eigenvalue weighted by molar-refractivity contribution is 0.226. The number of aliphatic imine (C=N–C) groups is 2. The number of unbranched alkanes of at least 4 members (excludes halogenated alkanes) is 2. The van der Waals surface area contributed by atoms with Crippen molar-refractivity contribution in [2.45, 2.75) is 106 Å². The van der Waals surface area contributed by atoms with Crippen molar-refractivity contribution in [3.63, 3.8) is 0 Å². The van der Waals surface area contributed by atoms with E-state index in [0.717, 1.165) is 49.8 Å². The zero-order valence-electron chi connectivity index (χ0n) is 21.3. The molecule has 4 heteroatoms. The molecule has 0 bridgehead atoms. The van der Waals surface area contributed by atoms with Crippen LogP contribution in [0, 0.1) is 6.92 Å². The fraction of sp³-hybridized carbons (Fsp3) is 0.571. The molecule has 0 fully saturated rings. The molecule has 0 aliphatic rings. The van der Waals surface area contributed by atoms with E-state index >= 15 is 0 Å². The van der Waals surface area contributed by atoms with E-state index in [1.165, 1.54) is 18.2 Å². The Bertz CT molecular complexity index is 759. The molecule has 0 radical (unpaired) electrons. The molecule has 0 saturated carbocycles. The van der Waals surface area contributed by atoms with E-state index in [1.807, 2.05) is 19.9 Å². The van der Waals surface area contributed by atoms with Gasteiger partial charge >= 0.3 is 0 Å². The molecule has 1 aromatic rings. The van der Waals surface area contributed by atoms with Crippen LogP contribution in [-0.2, 0) is 6.42 Å². The third-order valence-corrected chi connectivity index (χ3v) is 4.74. The van der Waals surface area contributed by atoms with Crippen LogP contribution in [0.5, 0.6) is 0 Å². The van der Waals surface area contributed by atoms with Crippen molar-refractivity contribution in [1.29, 1.82) is 0 Å². The number of hydrogen-bond acceptors (Lipinski definition) is 2. The van der Waals surface area contributed by atoms with E-state index in [9.17, 15) is 8.78 Å². The summed E-state index contributed by atoms with van der Waals surface area (Å²) in [6, 6.07) is 6.27. The van der Waals surface area contributed by atoms with Crippen LogP contribution in [0.15, 0.2) is 52.1 Å². The Morgan fingerprint density at radius 1 is 1.03 bits per heavy atom. The number of aryl methyl sites for hydroxylation is 2. The Kier molecular flexibility index (Phi) is 17.3. The first-order valence-electron chi connectivity index (χ1n) is 12.2. The number of benzene rings is 1. The summed E-state index contributed by atoms with van der Waals surface area (Å²) < 4.78 is 27.5. The quantitative estimate of drug-likeness (QED) is 0.285. The molecule has 0 aliphatic heterocycles. The van der Waals surface area contributed by atoms with Crippen molar-refractivity contribution >= 4 is 17.1 Å². The van der Waals surface area contributed by atoms with Gasteiger partial charge in [-0.1, -0.05) is 78.2 Å². The van der Waals surface area contributed by atoms with Crippen LogP contribution in [0.25, 0.3) is 0 Å². The van der Waals surface area contributed by atoms with Crippen molar-refractivity contribution in [2.24, 2.45) is 9.98 Å². The van der Waals surface area contributed by atoms with E-state index in [2.05, 4.69) is 44.8 Å². The number of halogens is 2. The predicted molar refractivity (Wildman–Crippen MR) is 139 cm³/mol. The van der Waals surface area contributed by atoms with Crippen LogP contribution in [0.3, 0.4) is 0 Å².